The second-order valence-corrected chi connectivity index (χ2v) is 9.46. The minimum atomic E-state index is -4.60. The topological polar surface area (TPSA) is 84.5 Å². The van der Waals surface area contributed by atoms with Crippen LogP contribution in [-0.4, -0.2) is 20.4 Å². The number of hydrogen-bond acceptors (Lipinski definition) is 4. The van der Waals surface area contributed by atoms with Crippen molar-refractivity contribution in [3.05, 3.63) is 83.4 Å². The highest BCUT2D eigenvalue weighted by Gasteiger charge is 2.30. The summed E-state index contributed by atoms with van der Waals surface area (Å²) in [6, 6.07) is 14.7. The van der Waals surface area contributed by atoms with Crippen molar-refractivity contribution < 1.29 is 31.1 Å². The number of amides is 1. The third kappa shape index (κ3) is 6.50. The highest BCUT2D eigenvalue weighted by Crippen LogP contribution is 2.31. The van der Waals surface area contributed by atoms with E-state index in [4.69, 9.17) is 4.74 Å². The number of carbonyl (C=O) groups is 1. The molecule has 0 spiro atoms. The average molecular weight is 493 g/mol. The zero-order valence-corrected chi connectivity index (χ0v) is 19.4. The maximum Gasteiger partial charge on any atom is 0.416 e. The number of benzene rings is 3. The first-order chi connectivity index (χ1) is 15.8. The summed E-state index contributed by atoms with van der Waals surface area (Å²) in [5.41, 5.74) is 1.14. The number of anilines is 2. The van der Waals surface area contributed by atoms with E-state index in [1.165, 1.54) is 30.3 Å². The molecule has 6 nitrogen and oxygen atoms in total. The zero-order chi connectivity index (χ0) is 25.1. The lowest BCUT2D eigenvalue weighted by Gasteiger charge is -2.16. The summed E-state index contributed by atoms with van der Waals surface area (Å²) in [5.74, 6) is 0.124. The Hall–Kier alpha value is -3.53. The van der Waals surface area contributed by atoms with Crippen molar-refractivity contribution in [3.63, 3.8) is 0 Å². The van der Waals surface area contributed by atoms with Crippen molar-refractivity contribution in [2.45, 2.75) is 37.9 Å². The highest BCUT2D eigenvalue weighted by atomic mass is 32.2. The molecule has 0 aliphatic carbocycles. The first-order valence-corrected chi connectivity index (χ1v) is 11.7. The average Bonchev–Trinajstić information content (AvgIpc) is 2.72. The van der Waals surface area contributed by atoms with Crippen LogP contribution in [0, 0.1) is 13.8 Å². The maximum absolute atomic E-state index is 12.9. The van der Waals surface area contributed by atoms with Crippen LogP contribution in [0.15, 0.2) is 71.6 Å². The van der Waals surface area contributed by atoms with E-state index < -0.39 is 33.8 Å². The van der Waals surface area contributed by atoms with Gasteiger partial charge in [-0.25, -0.2) is 8.42 Å². The molecule has 3 aromatic carbocycles. The number of sulfonamides is 1. The molecule has 0 bridgehead atoms. The number of halogens is 3. The van der Waals surface area contributed by atoms with Gasteiger partial charge in [0.05, 0.1) is 10.5 Å². The number of alkyl halides is 3. The molecule has 0 heterocycles. The molecule has 3 rings (SSSR count). The van der Waals surface area contributed by atoms with E-state index >= 15 is 0 Å². The molecular formula is C24H23F3N2O4S. The molecule has 0 saturated carbocycles. The second-order valence-electron chi connectivity index (χ2n) is 7.78. The van der Waals surface area contributed by atoms with Crippen molar-refractivity contribution in [2.24, 2.45) is 0 Å². The summed E-state index contributed by atoms with van der Waals surface area (Å²) >= 11 is 0. The minimum Gasteiger partial charge on any atom is -0.481 e. The summed E-state index contributed by atoms with van der Waals surface area (Å²) in [5, 5.41) is 2.64. The van der Waals surface area contributed by atoms with Crippen LogP contribution in [0.1, 0.15) is 23.6 Å². The van der Waals surface area contributed by atoms with Crippen molar-refractivity contribution in [1.82, 2.24) is 0 Å². The summed E-state index contributed by atoms with van der Waals surface area (Å²) in [4.78, 5) is 12.3. The second kappa shape index (κ2) is 9.76. The van der Waals surface area contributed by atoms with Crippen molar-refractivity contribution >= 4 is 27.3 Å². The van der Waals surface area contributed by atoms with Gasteiger partial charge in [0.1, 0.15) is 5.75 Å². The number of ether oxygens (including phenoxy) is 1. The van der Waals surface area contributed by atoms with Gasteiger partial charge in [0.15, 0.2) is 6.10 Å². The third-order valence-electron chi connectivity index (χ3n) is 4.75. The van der Waals surface area contributed by atoms with Gasteiger partial charge in [-0.15, -0.1) is 0 Å². The third-order valence-corrected chi connectivity index (χ3v) is 6.15. The number of nitrogens with one attached hydrogen (secondary N) is 2. The Kier molecular flexibility index (Phi) is 7.21. The smallest absolute Gasteiger partial charge is 0.416 e. The zero-order valence-electron chi connectivity index (χ0n) is 18.6. The first-order valence-electron chi connectivity index (χ1n) is 10.2. The van der Waals surface area contributed by atoms with Gasteiger partial charge in [-0.1, -0.05) is 12.1 Å². The quantitative estimate of drug-likeness (QED) is 0.454. The van der Waals surface area contributed by atoms with Gasteiger partial charge in [0.2, 0.25) is 0 Å². The lowest BCUT2D eigenvalue weighted by atomic mass is 10.1. The summed E-state index contributed by atoms with van der Waals surface area (Å²) < 4.78 is 71.5. The molecule has 0 unspecified atom stereocenters. The van der Waals surface area contributed by atoms with Crippen LogP contribution < -0.4 is 14.8 Å². The highest BCUT2D eigenvalue weighted by molar-refractivity contribution is 7.92. The molecule has 0 fully saturated rings. The molecule has 180 valence electrons. The van der Waals surface area contributed by atoms with Crippen LogP contribution in [0.4, 0.5) is 24.5 Å². The number of carbonyl (C=O) groups excluding carboxylic acids is 1. The van der Waals surface area contributed by atoms with E-state index in [1.54, 1.807) is 6.92 Å². The van der Waals surface area contributed by atoms with Crippen LogP contribution in [0.2, 0.25) is 0 Å². The van der Waals surface area contributed by atoms with Crippen LogP contribution in [-0.2, 0) is 21.0 Å². The summed E-state index contributed by atoms with van der Waals surface area (Å²) in [7, 11) is -4.14. The SMILES string of the molecule is Cc1cc(C)cc(O[C@H](C)C(=O)Nc2ccc(S(=O)(=O)Nc3cccc(C(F)(F)F)c3)cc2)c1. The molecule has 1 amide bonds. The predicted octanol–water partition coefficient (Wildman–Crippen LogP) is 5.53. The maximum atomic E-state index is 12.9. The van der Waals surface area contributed by atoms with Gasteiger partial charge >= 0.3 is 6.18 Å². The molecule has 0 aromatic heterocycles. The van der Waals surface area contributed by atoms with Gasteiger partial charge in [0, 0.05) is 11.4 Å². The molecule has 2 N–H and O–H groups in total. The van der Waals surface area contributed by atoms with E-state index in [2.05, 4.69) is 10.0 Å². The molecule has 10 heteroatoms. The van der Waals surface area contributed by atoms with E-state index in [1.807, 2.05) is 32.0 Å². The number of rotatable bonds is 7. The Morgan fingerprint density at radius 3 is 2.12 bits per heavy atom. The van der Waals surface area contributed by atoms with Gasteiger partial charge in [-0.3, -0.25) is 9.52 Å². The lowest BCUT2D eigenvalue weighted by Crippen LogP contribution is -2.30. The molecule has 0 radical (unpaired) electrons. The van der Waals surface area contributed by atoms with Gasteiger partial charge < -0.3 is 10.1 Å². The normalized spacial score (nSPS) is 12.6. The fraction of sp³-hybridized carbons (Fsp3) is 0.208. The fourth-order valence-corrected chi connectivity index (χ4v) is 4.24. The number of hydrogen-bond donors (Lipinski definition) is 2. The standard InChI is InChI=1S/C24H23F3N2O4S/c1-15-11-16(2)13-21(12-15)33-17(3)23(30)28-19-7-9-22(10-8-19)34(31,32)29-20-6-4-5-18(14-20)24(25,26)27/h4-14,17,29H,1-3H3,(H,28,30)/t17-/m1/s1. The van der Waals surface area contributed by atoms with E-state index in [0.29, 0.717) is 17.5 Å². The molecule has 3 aromatic rings. The van der Waals surface area contributed by atoms with E-state index in [9.17, 15) is 26.4 Å². The Bertz CT molecular complexity index is 1270. The molecule has 1 atom stereocenters. The van der Waals surface area contributed by atoms with Crippen LogP contribution in [0.25, 0.3) is 0 Å². The fourth-order valence-electron chi connectivity index (χ4n) is 3.19. The molecule has 0 aliphatic heterocycles. The van der Waals surface area contributed by atoms with Crippen molar-refractivity contribution in [2.75, 3.05) is 10.0 Å². The summed E-state index contributed by atoms with van der Waals surface area (Å²) in [6.45, 7) is 5.43. The molecule has 34 heavy (non-hydrogen) atoms. The Balaban J connectivity index is 1.66. The Morgan fingerprint density at radius 2 is 1.53 bits per heavy atom. The lowest BCUT2D eigenvalue weighted by molar-refractivity contribution is -0.137. The van der Waals surface area contributed by atoms with Crippen molar-refractivity contribution in [1.29, 1.82) is 0 Å². The number of aryl methyl sites for hydroxylation is 2. The monoisotopic (exact) mass is 492 g/mol. The molecular weight excluding hydrogens is 469 g/mol. The van der Waals surface area contributed by atoms with Crippen LogP contribution in [0.5, 0.6) is 5.75 Å². The van der Waals surface area contributed by atoms with Crippen LogP contribution in [0.3, 0.4) is 0 Å². The summed E-state index contributed by atoms with van der Waals surface area (Å²) in [6.07, 6.45) is -5.41. The minimum absolute atomic E-state index is 0.178. The van der Waals surface area contributed by atoms with E-state index in [0.717, 1.165) is 23.3 Å². The van der Waals surface area contributed by atoms with Crippen molar-refractivity contribution in [3.8, 4) is 5.75 Å². The molecule has 0 aliphatic rings. The predicted molar refractivity (Wildman–Crippen MR) is 123 cm³/mol. The largest absolute Gasteiger partial charge is 0.481 e. The van der Waals surface area contributed by atoms with Gasteiger partial charge in [0.25, 0.3) is 15.9 Å². The van der Waals surface area contributed by atoms with Crippen LogP contribution >= 0.6 is 0 Å². The molecule has 0 saturated heterocycles. The Morgan fingerprint density at radius 1 is 0.912 bits per heavy atom. The van der Waals surface area contributed by atoms with Gasteiger partial charge in [-0.05, 0) is 86.5 Å². The Labute approximate surface area is 195 Å². The van der Waals surface area contributed by atoms with Gasteiger partial charge in [-0.2, -0.15) is 13.2 Å². The first kappa shape index (κ1) is 25.1. The van der Waals surface area contributed by atoms with E-state index in [-0.39, 0.29) is 10.6 Å².